The summed E-state index contributed by atoms with van der Waals surface area (Å²) in [5.41, 5.74) is 8.61. The molecule has 1 aliphatic rings. The number of carboxylic acid groups (broad SMARTS) is 1. The van der Waals surface area contributed by atoms with Crippen molar-refractivity contribution in [1.82, 2.24) is 20.5 Å². The number of para-hydroxylation sites is 1. The summed E-state index contributed by atoms with van der Waals surface area (Å²) in [6.07, 6.45) is 3.38. The lowest BCUT2D eigenvalue weighted by Gasteiger charge is -2.29. The van der Waals surface area contributed by atoms with E-state index >= 15 is 0 Å². The van der Waals surface area contributed by atoms with Crippen LogP contribution in [0.1, 0.15) is 44.2 Å². The minimum atomic E-state index is -1.20. The Hall–Kier alpha value is -4.38. The van der Waals surface area contributed by atoms with Crippen molar-refractivity contribution in [2.24, 2.45) is 11.7 Å². The summed E-state index contributed by atoms with van der Waals surface area (Å²) in [6, 6.07) is 10.1. The third-order valence-electron chi connectivity index (χ3n) is 7.60. The summed E-state index contributed by atoms with van der Waals surface area (Å²) in [6.45, 7) is 4.18. The van der Waals surface area contributed by atoms with E-state index in [-0.39, 0.29) is 36.8 Å². The van der Waals surface area contributed by atoms with Gasteiger partial charge in [0, 0.05) is 30.1 Å². The summed E-state index contributed by atoms with van der Waals surface area (Å²) in [7, 11) is 0. The second-order valence-corrected chi connectivity index (χ2v) is 11.3. The van der Waals surface area contributed by atoms with Gasteiger partial charge >= 0.3 is 5.97 Å². The van der Waals surface area contributed by atoms with Crippen LogP contribution in [0, 0.1) is 5.92 Å². The number of carbonyl (C=O) groups is 4. The lowest BCUT2D eigenvalue weighted by atomic mass is 10.0. The van der Waals surface area contributed by atoms with Crippen molar-refractivity contribution in [2.45, 2.75) is 70.1 Å². The number of likely N-dealkylation sites (tertiary alicyclic amines) is 1. The van der Waals surface area contributed by atoms with Gasteiger partial charge in [0.25, 0.3) is 0 Å². The SMILES string of the molecule is CC(C)CC(NC(=O)C1CCCN1C(=O)C(N)Cc1ccc(O)cc1)C(=O)NC(Cc1c[nH]c2ccccc12)C(=O)O. The van der Waals surface area contributed by atoms with Gasteiger partial charge < -0.3 is 36.5 Å². The third kappa shape index (κ3) is 7.47. The molecular weight excluding hydrogens is 538 g/mol. The van der Waals surface area contributed by atoms with Crippen LogP contribution in [-0.4, -0.2) is 74.5 Å². The molecule has 3 aromatic rings. The first-order chi connectivity index (χ1) is 20.0. The van der Waals surface area contributed by atoms with Gasteiger partial charge in [0.05, 0.1) is 6.04 Å². The molecule has 42 heavy (non-hydrogen) atoms. The number of nitrogens with zero attached hydrogens (tertiary/aromatic N) is 1. The highest BCUT2D eigenvalue weighted by Crippen LogP contribution is 2.22. The molecule has 0 bridgehead atoms. The number of nitrogens with one attached hydrogen (secondary N) is 3. The van der Waals surface area contributed by atoms with Crippen LogP contribution in [0.5, 0.6) is 5.75 Å². The molecule has 224 valence electrons. The normalized spacial score (nSPS) is 17.1. The van der Waals surface area contributed by atoms with Crippen LogP contribution in [0.25, 0.3) is 10.9 Å². The van der Waals surface area contributed by atoms with Crippen molar-refractivity contribution >= 4 is 34.6 Å². The number of aromatic nitrogens is 1. The largest absolute Gasteiger partial charge is 0.508 e. The molecule has 4 atom stereocenters. The smallest absolute Gasteiger partial charge is 0.326 e. The molecule has 0 radical (unpaired) electrons. The van der Waals surface area contributed by atoms with Crippen molar-refractivity contribution in [3.63, 3.8) is 0 Å². The molecule has 11 nitrogen and oxygen atoms in total. The highest BCUT2D eigenvalue weighted by Gasteiger charge is 2.38. The maximum Gasteiger partial charge on any atom is 0.326 e. The van der Waals surface area contributed by atoms with E-state index in [4.69, 9.17) is 5.73 Å². The molecule has 4 rings (SSSR count). The van der Waals surface area contributed by atoms with E-state index in [1.165, 1.54) is 17.0 Å². The Balaban J connectivity index is 1.42. The summed E-state index contributed by atoms with van der Waals surface area (Å²) in [5.74, 6) is -2.47. The average Bonchev–Trinajstić information content (AvgIpc) is 3.60. The van der Waals surface area contributed by atoms with Crippen molar-refractivity contribution in [3.05, 3.63) is 65.9 Å². The molecular formula is C31H39N5O6. The quantitative estimate of drug-likeness (QED) is 0.191. The lowest BCUT2D eigenvalue weighted by molar-refractivity contribution is -0.143. The second-order valence-electron chi connectivity index (χ2n) is 11.3. The zero-order chi connectivity index (χ0) is 30.4. The number of aliphatic carboxylic acids is 1. The predicted octanol–water partition coefficient (Wildman–Crippen LogP) is 2.08. The number of hydrogen-bond donors (Lipinski definition) is 6. The number of nitrogens with two attached hydrogens (primary N) is 1. The van der Waals surface area contributed by atoms with Gasteiger partial charge in [-0.2, -0.15) is 0 Å². The van der Waals surface area contributed by atoms with Crippen LogP contribution >= 0.6 is 0 Å². The average molecular weight is 578 g/mol. The van der Waals surface area contributed by atoms with E-state index in [9.17, 15) is 29.4 Å². The van der Waals surface area contributed by atoms with Crippen LogP contribution < -0.4 is 16.4 Å². The number of rotatable bonds is 12. The molecule has 11 heteroatoms. The number of phenols is 1. The number of H-pyrrole nitrogens is 1. The van der Waals surface area contributed by atoms with Crippen molar-refractivity contribution < 1.29 is 29.4 Å². The van der Waals surface area contributed by atoms with Crippen LogP contribution in [-0.2, 0) is 32.0 Å². The van der Waals surface area contributed by atoms with E-state index in [1.54, 1.807) is 18.3 Å². The standard InChI is InChI=1S/C31H39N5O6/c1-18(2)14-25(28(38)35-26(31(41)42)16-20-17-33-24-7-4-3-6-22(20)24)34-29(39)27-8-5-13-36(27)30(40)23(32)15-19-9-11-21(37)12-10-19/h3-4,6-7,9-12,17-18,23,25-27,33,37H,5,8,13-16,32H2,1-2H3,(H,34,39)(H,35,38)(H,41,42). The molecule has 2 heterocycles. The molecule has 7 N–H and O–H groups in total. The number of aromatic amines is 1. The minimum Gasteiger partial charge on any atom is -0.508 e. The van der Waals surface area contributed by atoms with E-state index in [1.807, 2.05) is 38.1 Å². The highest BCUT2D eigenvalue weighted by atomic mass is 16.4. The predicted molar refractivity (Wildman–Crippen MR) is 157 cm³/mol. The second kappa shape index (κ2) is 13.5. The molecule has 3 amide bonds. The Morgan fingerprint density at radius 2 is 1.74 bits per heavy atom. The molecule has 1 aromatic heterocycles. The maximum atomic E-state index is 13.4. The number of carboxylic acids is 1. The van der Waals surface area contributed by atoms with Crippen molar-refractivity contribution in [1.29, 1.82) is 0 Å². The Kier molecular flexibility index (Phi) is 9.84. The van der Waals surface area contributed by atoms with Gasteiger partial charge in [0.15, 0.2) is 0 Å². The number of carbonyl (C=O) groups excluding carboxylic acids is 3. The van der Waals surface area contributed by atoms with E-state index in [0.29, 0.717) is 19.4 Å². The Morgan fingerprint density at radius 3 is 2.43 bits per heavy atom. The Morgan fingerprint density at radius 1 is 1.02 bits per heavy atom. The highest BCUT2D eigenvalue weighted by molar-refractivity contribution is 5.94. The fourth-order valence-corrected chi connectivity index (χ4v) is 5.45. The van der Waals surface area contributed by atoms with E-state index in [2.05, 4.69) is 15.6 Å². The van der Waals surface area contributed by atoms with E-state index in [0.717, 1.165) is 22.0 Å². The van der Waals surface area contributed by atoms with Gasteiger partial charge in [-0.25, -0.2) is 4.79 Å². The Bertz CT molecular complexity index is 1420. The molecule has 0 aliphatic carbocycles. The number of fused-ring (bicyclic) bond motifs is 1. The lowest BCUT2D eigenvalue weighted by Crippen LogP contribution is -2.57. The topological polar surface area (TPSA) is 178 Å². The van der Waals surface area contributed by atoms with Crippen LogP contribution in [0.4, 0.5) is 0 Å². The zero-order valence-electron chi connectivity index (χ0n) is 23.9. The summed E-state index contributed by atoms with van der Waals surface area (Å²) in [5, 5.41) is 25.7. The molecule has 0 saturated carbocycles. The van der Waals surface area contributed by atoms with Crippen molar-refractivity contribution in [2.75, 3.05) is 6.54 Å². The zero-order valence-corrected chi connectivity index (χ0v) is 23.9. The molecule has 0 spiro atoms. The van der Waals surface area contributed by atoms with Crippen molar-refractivity contribution in [3.8, 4) is 5.75 Å². The molecule has 1 aliphatic heterocycles. The van der Waals surface area contributed by atoms with Gasteiger partial charge in [0.2, 0.25) is 17.7 Å². The number of amides is 3. The first-order valence-electron chi connectivity index (χ1n) is 14.3. The van der Waals surface area contributed by atoms with Crippen LogP contribution in [0.2, 0.25) is 0 Å². The molecule has 4 unspecified atom stereocenters. The number of aromatic hydroxyl groups is 1. The van der Waals surface area contributed by atoms with Crippen LogP contribution in [0.15, 0.2) is 54.7 Å². The molecule has 1 saturated heterocycles. The fraction of sp³-hybridized carbons (Fsp3) is 0.419. The van der Waals surface area contributed by atoms with Gasteiger partial charge in [-0.1, -0.05) is 44.2 Å². The first kappa shape index (κ1) is 30.6. The van der Waals surface area contributed by atoms with Gasteiger partial charge in [-0.05, 0) is 60.9 Å². The molecule has 2 aromatic carbocycles. The number of benzene rings is 2. The Labute approximate surface area is 244 Å². The minimum absolute atomic E-state index is 0.0259. The number of phenolic OH excluding ortho intramolecular Hbond substituents is 1. The van der Waals surface area contributed by atoms with Gasteiger partial charge in [-0.15, -0.1) is 0 Å². The number of hydrogen-bond acceptors (Lipinski definition) is 6. The summed E-state index contributed by atoms with van der Waals surface area (Å²) < 4.78 is 0. The summed E-state index contributed by atoms with van der Waals surface area (Å²) >= 11 is 0. The van der Waals surface area contributed by atoms with Gasteiger partial charge in [0.1, 0.15) is 23.9 Å². The monoisotopic (exact) mass is 577 g/mol. The van der Waals surface area contributed by atoms with Crippen LogP contribution in [0.3, 0.4) is 0 Å². The van der Waals surface area contributed by atoms with Gasteiger partial charge in [-0.3, -0.25) is 14.4 Å². The first-order valence-corrected chi connectivity index (χ1v) is 14.3. The molecule has 1 fully saturated rings. The summed E-state index contributed by atoms with van der Waals surface area (Å²) in [4.78, 5) is 56.7. The van der Waals surface area contributed by atoms with E-state index < -0.39 is 42.0 Å². The maximum absolute atomic E-state index is 13.4. The third-order valence-corrected chi connectivity index (χ3v) is 7.60. The fourth-order valence-electron chi connectivity index (χ4n) is 5.45.